The summed E-state index contributed by atoms with van der Waals surface area (Å²) >= 11 is 0. The van der Waals surface area contributed by atoms with E-state index in [4.69, 9.17) is 9.84 Å². The minimum atomic E-state index is -0.898. The van der Waals surface area contributed by atoms with Crippen molar-refractivity contribution < 1.29 is 19.4 Å². The second kappa shape index (κ2) is 7.31. The molecule has 0 unspecified atom stereocenters. The number of carbonyl (C=O) groups is 2. The van der Waals surface area contributed by atoms with E-state index in [2.05, 4.69) is 5.32 Å². The highest BCUT2D eigenvalue weighted by Crippen LogP contribution is 2.27. The topological polar surface area (TPSA) is 75.6 Å². The average Bonchev–Trinajstić information content (AvgIpc) is 2.28. The van der Waals surface area contributed by atoms with Crippen molar-refractivity contribution in [3.05, 3.63) is 12.2 Å². The molecular formula is C15H25NO4. The maximum Gasteiger partial charge on any atom is 0.407 e. The standard InChI is InChI=1S/C15H25NO4/c1-15(2,3)20-14(19)16-12-9-7-11(8-10-12)5-4-6-13(17)18/h4,6,11-12H,5,7-10H2,1-3H3,(H,16,19)(H,17,18)/b6-4+. The molecule has 0 radical (unpaired) electrons. The van der Waals surface area contributed by atoms with Crippen molar-refractivity contribution in [1.29, 1.82) is 0 Å². The molecule has 0 aromatic rings. The second-order valence-corrected chi connectivity index (χ2v) is 6.34. The Kier molecular flexibility index (Phi) is 6.05. The Morgan fingerprint density at radius 2 is 1.85 bits per heavy atom. The molecule has 5 heteroatoms. The maximum atomic E-state index is 11.6. The van der Waals surface area contributed by atoms with E-state index in [0.717, 1.165) is 32.1 Å². The van der Waals surface area contributed by atoms with Crippen LogP contribution in [0.15, 0.2) is 12.2 Å². The van der Waals surface area contributed by atoms with Crippen molar-refractivity contribution >= 4 is 12.1 Å². The Bertz CT molecular complexity index is 363. The first-order valence-electron chi connectivity index (χ1n) is 7.15. The average molecular weight is 283 g/mol. The number of rotatable bonds is 4. The van der Waals surface area contributed by atoms with Gasteiger partial charge in [0.25, 0.3) is 0 Å². The minimum absolute atomic E-state index is 0.171. The molecule has 0 aromatic heterocycles. The number of ether oxygens (including phenoxy) is 1. The van der Waals surface area contributed by atoms with E-state index in [-0.39, 0.29) is 12.1 Å². The van der Waals surface area contributed by atoms with E-state index in [1.807, 2.05) is 20.8 Å². The zero-order valence-corrected chi connectivity index (χ0v) is 12.5. The quantitative estimate of drug-likeness (QED) is 0.777. The number of hydrogen-bond acceptors (Lipinski definition) is 3. The third-order valence-electron chi connectivity index (χ3n) is 3.30. The molecule has 0 bridgehead atoms. The van der Waals surface area contributed by atoms with Gasteiger partial charge in [-0.2, -0.15) is 0 Å². The van der Waals surface area contributed by atoms with E-state index in [0.29, 0.717) is 5.92 Å². The van der Waals surface area contributed by atoms with E-state index in [9.17, 15) is 9.59 Å². The SMILES string of the molecule is CC(C)(C)OC(=O)NC1CCC(C/C=C/C(=O)O)CC1. The van der Waals surface area contributed by atoms with Crippen molar-refractivity contribution in [2.45, 2.75) is 64.5 Å². The first-order valence-corrected chi connectivity index (χ1v) is 7.15. The van der Waals surface area contributed by atoms with Crippen LogP contribution in [-0.4, -0.2) is 28.8 Å². The third kappa shape index (κ3) is 7.16. The Morgan fingerprint density at radius 1 is 1.25 bits per heavy atom. The summed E-state index contributed by atoms with van der Waals surface area (Å²) in [5.41, 5.74) is -0.469. The maximum absolute atomic E-state index is 11.6. The zero-order valence-electron chi connectivity index (χ0n) is 12.5. The molecule has 1 aliphatic carbocycles. The van der Waals surface area contributed by atoms with Crippen LogP contribution in [0.5, 0.6) is 0 Å². The number of nitrogens with one attached hydrogen (secondary N) is 1. The highest BCUT2D eigenvalue weighted by molar-refractivity contribution is 5.79. The molecule has 1 fully saturated rings. The molecule has 2 N–H and O–H groups in total. The highest BCUT2D eigenvalue weighted by Gasteiger charge is 2.24. The fourth-order valence-corrected chi connectivity index (χ4v) is 2.38. The number of amides is 1. The number of allylic oxidation sites excluding steroid dienone is 1. The predicted molar refractivity (Wildman–Crippen MR) is 76.5 cm³/mol. The normalized spacial score (nSPS) is 23.6. The van der Waals surface area contributed by atoms with Gasteiger partial charge in [-0.15, -0.1) is 0 Å². The summed E-state index contributed by atoms with van der Waals surface area (Å²) in [6, 6.07) is 0.171. The lowest BCUT2D eigenvalue weighted by atomic mass is 9.84. The fourth-order valence-electron chi connectivity index (χ4n) is 2.38. The van der Waals surface area contributed by atoms with Crippen molar-refractivity contribution in [2.75, 3.05) is 0 Å². The zero-order chi connectivity index (χ0) is 15.2. The van der Waals surface area contributed by atoms with Crippen LogP contribution in [0.4, 0.5) is 4.79 Å². The summed E-state index contributed by atoms with van der Waals surface area (Å²) in [4.78, 5) is 22.0. The molecule has 0 aromatic carbocycles. The van der Waals surface area contributed by atoms with Gasteiger partial charge >= 0.3 is 12.1 Å². The van der Waals surface area contributed by atoms with Crippen LogP contribution in [0.2, 0.25) is 0 Å². The van der Waals surface area contributed by atoms with Crippen molar-refractivity contribution in [1.82, 2.24) is 5.32 Å². The molecule has 114 valence electrons. The third-order valence-corrected chi connectivity index (χ3v) is 3.30. The van der Waals surface area contributed by atoms with Gasteiger partial charge in [-0.3, -0.25) is 0 Å². The summed E-state index contributed by atoms with van der Waals surface area (Å²) in [5.74, 6) is -0.382. The Balaban J connectivity index is 2.25. The Morgan fingerprint density at radius 3 is 2.35 bits per heavy atom. The van der Waals surface area contributed by atoms with Gasteiger partial charge in [0.05, 0.1) is 0 Å². The van der Waals surface area contributed by atoms with E-state index in [1.54, 1.807) is 6.08 Å². The molecule has 1 saturated carbocycles. The van der Waals surface area contributed by atoms with Crippen LogP contribution in [0.1, 0.15) is 52.9 Å². The van der Waals surface area contributed by atoms with Gasteiger partial charge in [0, 0.05) is 12.1 Å². The van der Waals surface area contributed by atoms with Gasteiger partial charge < -0.3 is 15.2 Å². The van der Waals surface area contributed by atoms with Crippen molar-refractivity contribution in [3.63, 3.8) is 0 Å². The number of carboxylic acid groups (broad SMARTS) is 1. The molecule has 1 aliphatic rings. The molecule has 20 heavy (non-hydrogen) atoms. The number of carbonyl (C=O) groups excluding carboxylic acids is 1. The number of carboxylic acids is 1. The molecule has 0 atom stereocenters. The van der Waals surface area contributed by atoms with E-state index in [1.165, 1.54) is 6.08 Å². The highest BCUT2D eigenvalue weighted by atomic mass is 16.6. The van der Waals surface area contributed by atoms with Crippen molar-refractivity contribution in [2.24, 2.45) is 5.92 Å². The second-order valence-electron chi connectivity index (χ2n) is 6.34. The van der Waals surface area contributed by atoms with E-state index >= 15 is 0 Å². The van der Waals surface area contributed by atoms with Crippen LogP contribution in [0, 0.1) is 5.92 Å². The lowest BCUT2D eigenvalue weighted by Gasteiger charge is -2.29. The van der Waals surface area contributed by atoms with Crippen LogP contribution in [-0.2, 0) is 9.53 Å². The number of hydrogen-bond donors (Lipinski definition) is 2. The van der Waals surface area contributed by atoms with Gasteiger partial charge in [0.2, 0.25) is 0 Å². The number of aliphatic carboxylic acids is 1. The molecular weight excluding hydrogens is 258 g/mol. The van der Waals surface area contributed by atoms with Crippen LogP contribution < -0.4 is 5.32 Å². The molecule has 1 amide bonds. The monoisotopic (exact) mass is 283 g/mol. The lowest BCUT2D eigenvalue weighted by Crippen LogP contribution is -2.40. The summed E-state index contributed by atoms with van der Waals surface area (Å²) < 4.78 is 5.23. The summed E-state index contributed by atoms with van der Waals surface area (Å²) in [6.45, 7) is 5.54. The van der Waals surface area contributed by atoms with Gasteiger partial charge in [-0.05, 0) is 58.8 Å². The Labute approximate surface area is 120 Å². The molecule has 1 rings (SSSR count). The largest absolute Gasteiger partial charge is 0.478 e. The molecule has 0 heterocycles. The smallest absolute Gasteiger partial charge is 0.407 e. The minimum Gasteiger partial charge on any atom is -0.478 e. The molecule has 0 saturated heterocycles. The predicted octanol–water partition coefficient (Wildman–Crippen LogP) is 3.10. The van der Waals surface area contributed by atoms with Gasteiger partial charge in [-0.1, -0.05) is 6.08 Å². The molecule has 5 nitrogen and oxygen atoms in total. The molecule has 0 spiro atoms. The van der Waals surface area contributed by atoms with Gasteiger partial charge in [0.15, 0.2) is 0 Å². The van der Waals surface area contributed by atoms with Gasteiger partial charge in [0.1, 0.15) is 5.60 Å². The first-order chi connectivity index (χ1) is 9.26. The van der Waals surface area contributed by atoms with Crippen LogP contribution in [0.3, 0.4) is 0 Å². The van der Waals surface area contributed by atoms with Crippen LogP contribution in [0.25, 0.3) is 0 Å². The fraction of sp³-hybridized carbons (Fsp3) is 0.733. The first kappa shape index (κ1) is 16.5. The van der Waals surface area contributed by atoms with Gasteiger partial charge in [-0.25, -0.2) is 9.59 Å². The lowest BCUT2D eigenvalue weighted by molar-refractivity contribution is -0.131. The summed E-state index contributed by atoms with van der Waals surface area (Å²) in [7, 11) is 0. The summed E-state index contributed by atoms with van der Waals surface area (Å²) in [5, 5.41) is 11.4. The van der Waals surface area contributed by atoms with Crippen molar-refractivity contribution in [3.8, 4) is 0 Å². The Hall–Kier alpha value is -1.52. The van der Waals surface area contributed by atoms with E-state index < -0.39 is 11.6 Å². The summed E-state index contributed by atoms with van der Waals surface area (Å²) in [6.07, 6.45) is 7.21. The molecule has 0 aliphatic heterocycles. The number of alkyl carbamates (subject to hydrolysis) is 1. The van der Waals surface area contributed by atoms with Crippen LogP contribution >= 0.6 is 0 Å².